The van der Waals surface area contributed by atoms with Crippen LogP contribution in [0.1, 0.15) is 16.5 Å². The summed E-state index contributed by atoms with van der Waals surface area (Å²) in [5.74, 6) is -0.350. The molecule has 2 rings (SSSR count). The molecule has 0 bridgehead atoms. The molecule has 0 saturated heterocycles. The Labute approximate surface area is 119 Å². The molecule has 1 N–H and O–H groups in total. The number of thiophene rings is 1. The van der Waals surface area contributed by atoms with E-state index in [2.05, 4.69) is 20.7 Å². The van der Waals surface area contributed by atoms with E-state index in [4.69, 9.17) is 0 Å². The first-order valence-electron chi connectivity index (χ1n) is 5.13. The van der Waals surface area contributed by atoms with Crippen LogP contribution in [0.15, 0.2) is 40.2 Å². The smallest absolute Gasteiger partial charge is 0.406 e. The number of halogens is 4. The normalized spacial score (nSPS) is 13.3. The molecule has 0 saturated carbocycles. The minimum Gasteiger partial charge on any atom is -0.406 e. The number of aliphatic hydroxyl groups is 1. The number of ether oxygens (including phenoxy) is 1. The highest BCUT2D eigenvalue weighted by Crippen LogP contribution is 2.34. The van der Waals surface area contributed by atoms with Crippen LogP contribution < -0.4 is 4.74 Å². The van der Waals surface area contributed by atoms with Gasteiger partial charge in [-0.05, 0) is 45.1 Å². The lowest BCUT2D eigenvalue weighted by molar-refractivity contribution is -0.274. The number of hydrogen-bond acceptors (Lipinski definition) is 3. The Bertz CT molecular complexity index is 568. The Morgan fingerprint density at radius 1 is 1.26 bits per heavy atom. The van der Waals surface area contributed by atoms with Gasteiger partial charge in [0.15, 0.2) is 0 Å². The van der Waals surface area contributed by atoms with Gasteiger partial charge < -0.3 is 9.84 Å². The van der Waals surface area contributed by atoms with E-state index < -0.39 is 12.5 Å². The van der Waals surface area contributed by atoms with Gasteiger partial charge in [0.1, 0.15) is 11.9 Å². The van der Waals surface area contributed by atoms with Crippen molar-refractivity contribution in [3.63, 3.8) is 0 Å². The van der Waals surface area contributed by atoms with E-state index in [9.17, 15) is 18.3 Å². The Kier molecular flexibility index (Phi) is 4.17. The lowest BCUT2D eigenvalue weighted by atomic mass is 10.1. The highest BCUT2D eigenvalue weighted by atomic mass is 79.9. The van der Waals surface area contributed by atoms with Crippen LogP contribution in [0.5, 0.6) is 5.75 Å². The summed E-state index contributed by atoms with van der Waals surface area (Å²) in [5, 5.41) is 11.9. The van der Waals surface area contributed by atoms with Crippen LogP contribution in [0, 0.1) is 0 Å². The molecule has 1 aromatic heterocycles. The molecule has 1 atom stereocenters. The Morgan fingerprint density at radius 3 is 2.58 bits per heavy atom. The van der Waals surface area contributed by atoms with Crippen molar-refractivity contribution in [1.82, 2.24) is 0 Å². The first-order valence-corrected chi connectivity index (χ1v) is 6.81. The molecule has 0 aliphatic rings. The van der Waals surface area contributed by atoms with Crippen molar-refractivity contribution in [2.45, 2.75) is 12.5 Å². The van der Waals surface area contributed by atoms with E-state index in [0.29, 0.717) is 14.9 Å². The van der Waals surface area contributed by atoms with Crippen molar-refractivity contribution >= 4 is 27.3 Å². The van der Waals surface area contributed by atoms with Crippen molar-refractivity contribution in [3.05, 3.63) is 50.6 Å². The number of aliphatic hydroxyl groups excluding tert-OH is 1. The standard InChI is InChI=1S/C12H8BrF3O2S/c13-9-4-5-19-11(9)10(17)7-2-1-3-8(6-7)18-12(14,15)16/h1-6,10,17H. The number of rotatable bonds is 3. The summed E-state index contributed by atoms with van der Waals surface area (Å²) in [7, 11) is 0. The van der Waals surface area contributed by atoms with Gasteiger partial charge in [0.05, 0.1) is 4.88 Å². The molecule has 0 radical (unpaired) electrons. The molecule has 102 valence electrons. The van der Waals surface area contributed by atoms with Gasteiger partial charge in [-0.1, -0.05) is 12.1 Å². The van der Waals surface area contributed by atoms with Crippen molar-refractivity contribution in [2.24, 2.45) is 0 Å². The average Bonchev–Trinajstić information content (AvgIpc) is 2.72. The molecule has 2 nitrogen and oxygen atoms in total. The van der Waals surface area contributed by atoms with Crippen LogP contribution >= 0.6 is 27.3 Å². The summed E-state index contributed by atoms with van der Waals surface area (Å²) in [5.41, 5.74) is 0.338. The minimum absolute atomic E-state index is 0.338. The van der Waals surface area contributed by atoms with Gasteiger partial charge in [0.2, 0.25) is 0 Å². The second-order valence-electron chi connectivity index (χ2n) is 3.66. The van der Waals surface area contributed by atoms with Crippen molar-refractivity contribution in [3.8, 4) is 5.75 Å². The predicted molar refractivity (Wildman–Crippen MR) is 69.2 cm³/mol. The summed E-state index contributed by atoms with van der Waals surface area (Å²) in [4.78, 5) is 0.629. The Balaban J connectivity index is 2.26. The van der Waals surface area contributed by atoms with Crippen LogP contribution in [-0.2, 0) is 0 Å². The molecule has 2 aromatic rings. The van der Waals surface area contributed by atoms with Crippen molar-refractivity contribution in [1.29, 1.82) is 0 Å². The van der Waals surface area contributed by atoms with Gasteiger partial charge in [0.25, 0.3) is 0 Å². The maximum absolute atomic E-state index is 12.1. The molecular weight excluding hydrogens is 345 g/mol. The van der Waals surface area contributed by atoms with Gasteiger partial charge in [-0.15, -0.1) is 24.5 Å². The zero-order valence-electron chi connectivity index (χ0n) is 9.32. The fourth-order valence-electron chi connectivity index (χ4n) is 1.53. The molecular formula is C12H8BrF3O2S. The third-order valence-corrected chi connectivity index (χ3v) is 4.22. The zero-order chi connectivity index (χ0) is 14.0. The van der Waals surface area contributed by atoms with Crippen LogP contribution in [0.2, 0.25) is 0 Å². The molecule has 0 fully saturated rings. The highest BCUT2D eigenvalue weighted by molar-refractivity contribution is 9.10. The molecule has 1 heterocycles. The minimum atomic E-state index is -4.74. The lowest BCUT2D eigenvalue weighted by Crippen LogP contribution is -2.17. The molecule has 1 unspecified atom stereocenters. The molecule has 0 aliphatic carbocycles. The second kappa shape index (κ2) is 5.52. The maximum Gasteiger partial charge on any atom is 0.573 e. The zero-order valence-corrected chi connectivity index (χ0v) is 11.7. The van der Waals surface area contributed by atoms with E-state index in [-0.39, 0.29) is 5.75 Å². The predicted octanol–water partition coefficient (Wildman–Crippen LogP) is 4.49. The Hall–Kier alpha value is -1.05. The maximum atomic E-state index is 12.1. The van der Waals surface area contributed by atoms with Crippen LogP contribution in [0.3, 0.4) is 0 Å². The van der Waals surface area contributed by atoms with E-state index >= 15 is 0 Å². The van der Waals surface area contributed by atoms with E-state index in [1.807, 2.05) is 0 Å². The van der Waals surface area contributed by atoms with Crippen LogP contribution in [0.4, 0.5) is 13.2 Å². The fourth-order valence-corrected chi connectivity index (χ4v) is 3.13. The molecule has 1 aromatic carbocycles. The van der Waals surface area contributed by atoms with Crippen molar-refractivity contribution < 1.29 is 23.0 Å². The van der Waals surface area contributed by atoms with Crippen molar-refractivity contribution in [2.75, 3.05) is 0 Å². The average molecular weight is 353 g/mol. The highest BCUT2D eigenvalue weighted by Gasteiger charge is 2.31. The third kappa shape index (κ3) is 3.71. The van der Waals surface area contributed by atoms with Gasteiger partial charge in [-0.25, -0.2) is 0 Å². The monoisotopic (exact) mass is 352 g/mol. The Morgan fingerprint density at radius 2 is 2.00 bits per heavy atom. The molecule has 19 heavy (non-hydrogen) atoms. The first-order chi connectivity index (χ1) is 8.87. The van der Waals surface area contributed by atoms with Gasteiger partial charge >= 0.3 is 6.36 Å². The van der Waals surface area contributed by atoms with Crippen LogP contribution in [-0.4, -0.2) is 11.5 Å². The van der Waals surface area contributed by atoms with E-state index in [0.717, 1.165) is 0 Å². The van der Waals surface area contributed by atoms with Gasteiger partial charge in [0, 0.05) is 4.47 Å². The quantitative estimate of drug-likeness (QED) is 0.881. The number of alkyl halides is 3. The third-order valence-electron chi connectivity index (χ3n) is 2.30. The summed E-state index contributed by atoms with van der Waals surface area (Å²) in [6.07, 6.45) is -5.74. The summed E-state index contributed by atoms with van der Waals surface area (Å²) in [6.45, 7) is 0. The van der Waals surface area contributed by atoms with E-state index in [1.165, 1.54) is 29.5 Å². The number of benzene rings is 1. The SMILES string of the molecule is OC(c1cccc(OC(F)(F)F)c1)c1sccc1Br. The second-order valence-corrected chi connectivity index (χ2v) is 5.46. The van der Waals surface area contributed by atoms with Gasteiger partial charge in [-0.2, -0.15) is 0 Å². The molecule has 0 amide bonds. The summed E-state index contributed by atoms with van der Waals surface area (Å²) < 4.78 is 40.9. The molecule has 0 aliphatic heterocycles. The summed E-state index contributed by atoms with van der Waals surface area (Å²) in [6, 6.07) is 7.07. The fraction of sp³-hybridized carbons (Fsp3) is 0.167. The van der Waals surface area contributed by atoms with Gasteiger partial charge in [-0.3, -0.25) is 0 Å². The topological polar surface area (TPSA) is 29.5 Å². The summed E-state index contributed by atoms with van der Waals surface area (Å²) >= 11 is 4.58. The molecule has 7 heteroatoms. The number of hydrogen-bond donors (Lipinski definition) is 1. The largest absolute Gasteiger partial charge is 0.573 e. The lowest BCUT2D eigenvalue weighted by Gasteiger charge is -2.13. The van der Waals surface area contributed by atoms with E-state index in [1.54, 1.807) is 17.5 Å². The molecule has 0 spiro atoms. The van der Waals surface area contributed by atoms with Crippen LogP contribution in [0.25, 0.3) is 0 Å². The first kappa shape index (κ1) is 14.4.